The minimum absolute atomic E-state index is 0.0121. The molecule has 0 atom stereocenters. The lowest BCUT2D eigenvalue weighted by Gasteiger charge is -2.43. The summed E-state index contributed by atoms with van der Waals surface area (Å²) in [4.78, 5) is 0. The summed E-state index contributed by atoms with van der Waals surface area (Å²) in [7, 11) is -2.51. The number of hydrogen-bond acceptors (Lipinski definition) is 2. The second-order valence-electron chi connectivity index (χ2n) is 7.20. The second kappa shape index (κ2) is 8.43. The molecule has 0 saturated heterocycles. The van der Waals surface area contributed by atoms with E-state index in [-0.39, 0.29) is 11.6 Å². The van der Waals surface area contributed by atoms with Gasteiger partial charge in [-0.2, -0.15) is 0 Å². The van der Waals surface area contributed by atoms with Crippen LogP contribution in [0.4, 0.5) is 0 Å². The van der Waals surface area contributed by atoms with Crippen LogP contribution in [0.25, 0.3) is 0 Å². The van der Waals surface area contributed by atoms with Crippen LogP contribution in [-0.2, 0) is 4.43 Å². The molecule has 0 unspecified atom stereocenters. The van der Waals surface area contributed by atoms with E-state index in [1.165, 1.54) is 10.4 Å². The average Bonchev–Trinajstić information content (AvgIpc) is 2.61. The summed E-state index contributed by atoms with van der Waals surface area (Å²) < 4.78 is 6.73. The van der Waals surface area contributed by atoms with Crippen LogP contribution in [0.2, 0.25) is 5.04 Å². The highest BCUT2D eigenvalue weighted by Crippen LogP contribution is 2.36. The van der Waals surface area contributed by atoms with Crippen molar-refractivity contribution in [3.8, 4) is 0 Å². The van der Waals surface area contributed by atoms with Crippen LogP contribution in [0.3, 0.4) is 0 Å². The molecule has 0 aliphatic heterocycles. The first-order valence-electron chi connectivity index (χ1n) is 8.62. The first-order valence-corrected chi connectivity index (χ1v) is 10.5. The van der Waals surface area contributed by atoms with Gasteiger partial charge in [-0.3, -0.25) is 0 Å². The molecule has 0 amide bonds. The van der Waals surface area contributed by atoms with E-state index < -0.39 is 8.32 Å². The Bertz CT molecular complexity index is 660. The third kappa shape index (κ3) is 4.37. The summed E-state index contributed by atoms with van der Waals surface area (Å²) in [6, 6.07) is 21.1. The van der Waals surface area contributed by atoms with Gasteiger partial charge in [0.2, 0.25) is 0 Å². The summed E-state index contributed by atoms with van der Waals surface area (Å²) in [6.07, 6.45) is 3.52. The molecule has 0 fully saturated rings. The molecule has 0 aromatic heterocycles. The maximum atomic E-state index is 8.97. The maximum absolute atomic E-state index is 8.97. The normalized spacial score (nSPS) is 12.5. The fourth-order valence-electron chi connectivity index (χ4n) is 3.23. The van der Waals surface area contributed by atoms with Crippen molar-refractivity contribution in [1.82, 2.24) is 0 Å². The van der Waals surface area contributed by atoms with Gasteiger partial charge >= 0.3 is 0 Å². The smallest absolute Gasteiger partial charge is 0.261 e. The van der Waals surface area contributed by atoms with Crippen molar-refractivity contribution >= 4 is 18.7 Å². The van der Waals surface area contributed by atoms with Gasteiger partial charge in [0, 0.05) is 0 Å². The van der Waals surface area contributed by atoms with E-state index in [9.17, 15) is 0 Å². The summed E-state index contributed by atoms with van der Waals surface area (Å²) in [5, 5.41) is 11.4. The zero-order valence-corrected chi connectivity index (χ0v) is 16.4. The number of hydrogen-bond donors (Lipinski definition) is 1. The summed E-state index contributed by atoms with van der Waals surface area (Å²) in [5.74, 6) is 0. The zero-order valence-electron chi connectivity index (χ0n) is 15.4. The van der Waals surface area contributed by atoms with Gasteiger partial charge in [-0.05, 0) is 21.0 Å². The summed E-state index contributed by atoms with van der Waals surface area (Å²) in [5.41, 5.74) is 0.863. The van der Waals surface area contributed by atoms with E-state index in [2.05, 4.69) is 75.9 Å². The Kier molecular flexibility index (Phi) is 6.54. The lowest BCUT2D eigenvalue weighted by molar-refractivity contribution is 0.331. The quantitative estimate of drug-likeness (QED) is 0.609. The average molecular weight is 353 g/mol. The van der Waals surface area contributed by atoms with Crippen LogP contribution in [0.1, 0.15) is 20.8 Å². The fraction of sp³-hybridized carbons (Fsp3) is 0.273. The van der Waals surface area contributed by atoms with Gasteiger partial charge in [0.15, 0.2) is 0 Å². The van der Waals surface area contributed by atoms with Crippen LogP contribution in [-0.4, -0.2) is 26.6 Å². The Morgan fingerprint density at radius 3 is 1.88 bits per heavy atom. The largest absolute Gasteiger partial charge is 0.403 e. The monoisotopic (exact) mass is 352 g/mol. The van der Waals surface area contributed by atoms with Crippen molar-refractivity contribution in [2.75, 3.05) is 13.2 Å². The zero-order chi connectivity index (χ0) is 18.3. The number of benzene rings is 2. The van der Waals surface area contributed by atoms with Gasteiger partial charge in [0.25, 0.3) is 8.32 Å². The molecule has 3 heteroatoms. The Hall–Kier alpha value is -1.94. The van der Waals surface area contributed by atoms with Crippen molar-refractivity contribution in [2.24, 2.45) is 0 Å². The van der Waals surface area contributed by atoms with Crippen molar-refractivity contribution < 1.29 is 9.53 Å². The molecule has 0 aliphatic carbocycles. The molecule has 0 radical (unpaired) electrons. The summed E-state index contributed by atoms with van der Waals surface area (Å²) in [6.45, 7) is 11.3. The first-order chi connectivity index (χ1) is 11.9. The molecular formula is C22H28O2Si. The fourth-order valence-corrected chi connectivity index (χ4v) is 7.79. The Morgan fingerprint density at radius 1 is 1.00 bits per heavy atom. The predicted molar refractivity (Wildman–Crippen MR) is 109 cm³/mol. The molecule has 0 aliphatic rings. The van der Waals surface area contributed by atoms with E-state index in [0.717, 1.165) is 5.57 Å². The van der Waals surface area contributed by atoms with Crippen molar-refractivity contribution in [2.45, 2.75) is 25.8 Å². The van der Waals surface area contributed by atoms with Gasteiger partial charge in [-0.1, -0.05) is 100 Å². The van der Waals surface area contributed by atoms with E-state index in [1.807, 2.05) is 18.2 Å². The molecule has 0 spiro atoms. The van der Waals surface area contributed by atoms with E-state index in [0.29, 0.717) is 6.61 Å². The third-order valence-corrected chi connectivity index (χ3v) is 9.33. The van der Waals surface area contributed by atoms with Gasteiger partial charge in [0.05, 0.1) is 13.2 Å². The van der Waals surface area contributed by atoms with E-state index >= 15 is 0 Å². The molecule has 2 aromatic carbocycles. The lowest BCUT2D eigenvalue weighted by Crippen LogP contribution is -2.66. The van der Waals surface area contributed by atoms with Crippen LogP contribution in [0.5, 0.6) is 0 Å². The molecule has 0 saturated carbocycles. The number of rotatable bonds is 7. The molecule has 2 nitrogen and oxygen atoms in total. The highest BCUT2D eigenvalue weighted by atomic mass is 28.4. The van der Waals surface area contributed by atoms with Crippen LogP contribution < -0.4 is 10.4 Å². The van der Waals surface area contributed by atoms with Gasteiger partial charge in [0.1, 0.15) is 0 Å². The van der Waals surface area contributed by atoms with E-state index in [4.69, 9.17) is 9.53 Å². The van der Waals surface area contributed by atoms with Crippen molar-refractivity contribution in [1.29, 1.82) is 0 Å². The molecule has 1 N–H and O–H groups in total. The molecule has 2 rings (SSSR count). The summed E-state index contributed by atoms with van der Waals surface area (Å²) >= 11 is 0. The second-order valence-corrected chi connectivity index (χ2v) is 11.5. The van der Waals surface area contributed by atoms with Crippen LogP contribution in [0, 0.1) is 0 Å². The standard InChI is InChI=1S/C22H28O2Si/c1-19(12-11-17-23)18-24-25(22(2,3)4,20-13-7-5-8-14-20)21-15-9-6-10-16-21/h5-16,23H,1,17-18H2,2-4H3/b12-11-. The van der Waals surface area contributed by atoms with Crippen LogP contribution >= 0.6 is 0 Å². The minimum Gasteiger partial charge on any atom is -0.403 e. The highest BCUT2D eigenvalue weighted by Gasteiger charge is 2.50. The van der Waals surface area contributed by atoms with Gasteiger partial charge < -0.3 is 9.53 Å². The third-order valence-electron chi connectivity index (χ3n) is 4.35. The molecule has 2 aromatic rings. The Balaban J connectivity index is 2.53. The lowest BCUT2D eigenvalue weighted by atomic mass is 10.2. The van der Waals surface area contributed by atoms with Crippen molar-refractivity contribution in [3.05, 3.63) is 85.0 Å². The molecule has 0 bridgehead atoms. The predicted octanol–water partition coefficient (Wildman–Crippen LogP) is 3.67. The Labute approximate surface area is 152 Å². The Morgan fingerprint density at radius 2 is 1.48 bits per heavy atom. The molecule has 0 heterocycles. The number of aliphatic hydroxyl groups excluding tert-OH is 1. The first kappa shape index (κ1) is 19.4. The van der Waals surface area contributed by atoms with E-state index in [1.54, 1.807) is 6.08 Å². The molecule has 132 valence electrons. The van der Waals surface area contributed by atoms with Crippen molar-refractivity contribution in [3.63, 3.8) is 0 Å². The molecular weight excluding hydrogens is 324 g/mol. The maximum Gasteiger partial charge on any atom is 0.261 e. The minimum atomic E-state index is -2.51. The number of aliphatic hydroxyl groups is 1. The SMILES string of the molecule is C=C(/C=C\CO)CO[Si](c1ccccc1)(c1ccccc1)C(C)(C)C. The topological polar surface area (TPSA) is 29.5 Å². The molecule has 25 heavy (non-hydrogen) atoms. The highest BCUT2D eigenvalue weighted by molar-refractivity contribution is 6.99. The van der Waals surface area contributed by atoms with Gasteiger partial charge in [-0.25, -0.2) is 0 Å². The van der Waals surface area contributed by atoms with Crippen LogP contribution in [0.15, 0.2) is 85.0 Å². The van der Waals surface area contributed by atoms with Gasteiger partial charge in [-0.15, -0.1) is 0 Å².